The van der Waals surface area contributed by atoms with E-state index in [1.165, 1.54) is 0 Å². The van der Waals surface area contributed by atoms with Gasteiger partial charge in [-0.1, -0.05) is 6.92 Å². The second kappa shape index (κ2) is 3.48. The van der Waals surface area contributed by atoms with Crippen LogP contribution in [0.2, 0.25) is 0 Å². The first-order valence-electron chi connectivity index (χ1n) is 4.09. The lowest BCUT2D eigenvalue weighted by atomic mass is 10.3. The molecule has 0 radical (unpaired) electrons. The minimum absolute atomic E-state index is 0.303. The van der Waals surface area contributed by atoms with Crippen LogP contribution < -0.4 is 0 Å². The van der Waals surface area contributed by atoms with E-state index in [1.807, 2.05) is 4.90 Å². The summed E-state index contributed by atoms with van der Waals surface area (Å²) in [5.41, 5.74) is 0. The van der Waals surface area contributed by atoms with Crippen LogP contribution in [0.15, 0.2) is 0 Å². The van der Waals surface area contributed by atoms with E-state index in [-0.39, 0.29) is 0 Å². The van der Waals surface area contributed by atoms with E-state index in [0.717, 1.165) is 6.42 Å². The van der Waals surface area contributed by atoms with Gasteiger partial charge in [0.25, 0.3) is 0 Å². The van der Waals surface area contributed by atoms with Crippen LogP contribution in [0.1, 0.15) is 27.2 Å². The maximum absolute atomic E-state index is 11.3. The molecule has 1 aliphatic rings. The van der Waals surface area contributed by atoms with Crippen molar-refractivity contribution in [1.29, 1.82) is 0 Å². The van der Waals surface area contributed by atoms with Crippen molar-refractivity contribution in [1.82, 2.24) is 4.90 Å². The molecule has 1 fully saturated rings. The third kappa shape index (κ3) is 1.70. The smallest absolute Gasteiger partial charge is 0.233 e. The van der Waals surface area contributed by atoms with Crippen LogP contribution in [-0.4, -0.2) is 28.0 Å². The molecule has 0 aliphatic carbocycles. The lowest BCUT2D eigenvalue weighted by molar-refractivity contribution is -0.129. The minimum atomic E-state index is 0.303. The van der Waals surface area contributed by atoms with Gasteiger partial charge in [-0.25, -0.2) is 0 Å². The maximum Gasteiger partial charge on any atom is 0.233 e. The number of carbonyl (C=O) groups excluding carboxylic acids is 1. The van der Waals surface area contributed by atoms with Gasteiger partial charge in [0.05, 0.1) is 11.1 Å². The number of carbonyl (C=O) groups is 1. The Balaban J connectivity index is 2.63. The van der Waals surface area contributed by atoms with E-state index in [4.69, 9.17) is 0 Å². The van der Waals surface area contributed by atoms with Gasteiger partial charge in [0.2, 0.25) is 5.91 Å². The van der Waals surface area contributed by atoms with Crippen molar-refractivity contribution in [2.75, 3.05) is 5.75 Å². The van der Waals surface area contributed by atoms with Gasteiger partial charge < -0.3 is 4.90 Å². The fourth-order valence-corrected chi connectivity index (χ4v) is 2.66. The summed E-state index contributed by atoms with van der Waals surface area (Å²) in [7, 11) is 0. The van der Waals surface area contributed by atoms with Gasteiger partial charge in [-0.15, -0.1) is 11.8 Å². The molecular formula is C8H15NOS. The minimum Gasteiger partial charge on any atom is -0.328 e. The second-order valence-corrected chi connectivity index (χ2v) is 4.23. The zero-order valence-electron chi connectivity index (χ0n) is 7.33. The molecule has 1 atom stereocenters. The Kier molecular flexibility index (Phi) is 2.82. The van der Waals surface area contributed by atoms with Crippen molar-refractivity contribution in [3.8, 4) is 0 Å². The first kappa shape index (κ1) is 8.91. The van der Waals surface area contributed by atoms with E-state index in [9.17, 15) is 4.79 Å². The summed E-state index contributed by atoms with van der Waals surface area (Å²) in [4.78, 5) is 13.3. The Morgan fingerprint density at radius 2 is 2.36 bits per heavy atom. The predicted molar refractivity (Wildman–Crippen MR) is 48.5 cm³/mol. The van der Waals surface area contributed by atoms with Crippen LogP contribution in [0.3, 0.4) is 0 Å². The van der Waals surface area contributed by atoms with Crippen LogP contribution in [-0.2, 0) is 4.79 Å². The van der Waals surface area contributed by atoms with E-state index in [0.29, 0.717) is 23.1 Å². The number of hydrogen-bond donors (Lipinski definition) is 0. The number of rotatable bonds is 2. The molecule has 1 heterocycles. The molecule has 1 aliphatic heterocycles. The van der Waals surface area contributed by atoms with E-state index >= 15 is 0 Å². The highest BCUT2D eigenvalue weighted by molar-refractivity contribution is 8.00. The largest absolute Gasteiger partial charge is 0.328 e. The summed E-state index contributed by atoms with van der Waals surface area (Å²) in [5.74, 6) is 0.980. The van der Waals surface area contributed by atoms with E-state index in [2.05, 4.69) is 20.8 Å². The Labute approximate surface area is 72.3 Å². The van der Waals surface area contributed by atoms with Gasteiger partial charge in [-0.2, -0.15) is 0 Å². The molecule has 0 aromatic heterocycles. The SMILES string of the molecule is CCC1SCC(=O)N1C(C)C. The molecule has 2 nitrogen and oxygen atoms in total. The van der Waals surface area contributed by atoms with Crippen molar-refractivity contribution < 1.29 is 4.79 Å². The van der Waals surface area contributed by atoms with Gasteiger partial charge in [0.1, 0.15) is 0 Å². The highest BCUT2D eigenvalue weighted by Crippen LogP contribution is 2.28. The van der Waals surface area contributed by atoms with Gasteiger partial charge in [-0.3, -0.25) is 4.79 Å². The zero-order valence-corrected chi connectivity index (χ0v) is 8.15. The third-order valence-corrected chi connectivity index (χ3v) is 3.26. The topological polar surface area (TPSA) is 20.3 Å². The zero-order chi connectivity index (χ0) is 8.43. The molecule has 64 valence electrons. The average Bonchev–Trinajstić information content (AvgIpc) is 2.30. The Bertz CT molecular complexity index is 158. The summed E-state index contributed by atoms with van der Waals surface area (Å²) in [6, 6.07) is 0.363. The second-order valence-electron chi connectivity index (χ2n) is 3.07. The van der Waals surface area contributed by atoms with Crippen molar-refractivity contribution in [3.63, 3.8) is 0 Å². The molecule has 0 saturated carbocycles. The summed E-state index contributed by atoms with van der Waals surface area (Å²) in [6.07, 6.45) is 1.06. The van der Waals surface area contributed by atoms with Gasteiger partial charge in [-0.05, 0) is 20.3 Å². The molecule has 0 aromatic carbocycles. The Morgan fingerprint density at radius 3 is 2.73 bits per heavy atom. The summed E-state index contributed by atoms with van der Waals surface area (Å²) in [5, 5.41) is 0.433. The van der Waals surface area contributed by atoms with E-state index < -0.39 is 0 Å². The molecule has 0 N–H and O–H groups in total. The van der Waals surface area contributed by atoms with Crippen LogP contribution in [0.4, 0.5) is 0 Å². The lowest BCUT2D eigenvalue weighted by Gasteiger charge is -2.26. The first-order chi connectivity index (χ1) is 5.16. The lowest BCUT2D eigenvalue weighted by Crippen LogP contribution is -2.38. The number of nitrogens with zero attached hydrogens (tertiary/aromatic N) is 1. The maximum atomic E-state index is 11.3. The monoisotopic (exact) mass is 173 g/mol. The number of hydrogen-bond acceptors (Lipinski definition) is 2. The van der Waals surface area contributed by atoms with Crippen LogP contribution in [0.25, 0.3) is 0 Å². The Morgan fingerprint density at radius 1 is 1.73 bits per heavy atom. The molecule has 0 spiro atoms. The first-order valence-corrected chi connectivity index (χ1v) is 5.14. The van der Waals surface area contributed by atoms with Crippen LogP contribution in [0.5, 0.6) is 0 Å². The summed E-state index contributed by atoms with van der Waals surface area (Å²) < 4.78 is 0. The Hall–Kier alpha value is -0.180. The molecular weight excluding hydrogens is 158 g/mol. The molecule has 11 heavy (non-hydrogen) atoms. The predicted octanol–water partition coefficient (Wildman–Crippen LogP) is 1.71. The van der Waals surface area contributed by atoms with Crippen molar-refractivity contribution >= 4 is 17.7 Å². The molecule has 3 heteroatoms. The normalized spacial score (nSPS) is 25.3. The van der Waals surface area contributed by atoms with Crippen LogP contribution >= 0.6 is 11.8 Å². The standard InChI is InChI=1S/C8H15NOS/c1-4-8-9(6(2)3)7(10)5-11-8/h6,8H,4-5H2,1-3H3. The quantitative estimate of drug-likeness (QED) is 0.633. The van der Waals surface area contributed by atoms with Crippen molar-refractivity contribution in [2.45, 2.75) is 38.6 Å². The fraction of sp³-hybridized carbons (Fsp3) is 0.875. The average molecular weight is 173 g/mol. The summed E-state index contributed by atoms with van der Waals surface area (Å²) in [6.45, 7) is 6.28. The van der Waals surface area contributed by atoms with Gasteiger partial charge in [0, 0.05) is 6.04 Å². The molecule has 1 unspecified atom stereocenters. The molecule has 1 rings (SSSR count). The van der Waals surface area contributed by atoms with Crippen molar-refractivity contribution in [3.05, 3.63) is 0 Å². The fourth-order valence-electron chi connectivity index (χ4n) is 1.42. The molecule has 1 saturated heterocycles. The molecule has 0 bridgehead atoms. The van der Waals surface area contributed by atoms with E-state index in [1.54, 1.807) is 11.8 Å². The van der Waals surface area contributed by atoms with Gasteiger partial charge >= 0.3 is 0 Å². The van der Waals surface area contributed by atoms with Gasteiger partial charge in [0.15, 0.2) is 0 Å². The number of thioether (sulfide) groups is 1. The van der Waals surface area contributed by atoms with Crippen LogP contribution in [0, 0.1) is 0 Å². The highest BCUT2D eigenvalue weighted by atomic mass is 32.2. The molecule has 1 amide bonds. The molecule has 0 aromatic rings. The third-order valence-electron chi connectivity index (χ3n) is 1.90. The number of amides is 1. The highest BCUT2D eigenvalue weighted by Gasteiger charge is 2.31. The van der Waals surface area contributed by atoms with Crippen molar-refractivity contribution in [2.24, 2.45) is 0 Å². The summed E-state index contributed by atoms with van der Waals surface area (Å²) >= 11 is 1.76.